The molecule has 0 bridgehead atoms. The van der Waals surface area contributed by atoms with Gasteiger partial charge in [-0.15, -0.1) is 0 Å². The van der Waals surface area contributed by atoms with Gasteiger partial charge in [0.05, 0.1) is 6.10 Å². The van der Waals surface area contributed by atoms with Crippen molar-refractivity contribution in [1.29, 1.82) is 0 Å². The lowest BCUT2D eigenvalue weighted by Crippen LogP contribution is -2.37. The van der Waals surface area contributed by atoms with Crippen molar-refractivity contribution in [3.8, 4) is 0 Å². The molecule has 0 aromatic carbocycles. The number of carbonyl (C=O) groups is 1. The maximum atomic E-state index is 11.4. The number of hydrogen-bond donors (Lipinski definition) is 1. The monoisotopic (exact) mass is 296 g/mol. The normalized spacial score (nSPS) is 42.7. The predicted molar refractivity (Wildman–Crippen MR) is 80.8 cm³/mol. The van der Waals surface area contributed by atoms with Gasteiger partial charge in [-0.05, 0) is 37.2 Å². The van der Waals surface area contributed by atoms with Crippen LogP contribution in [0.4, 0.5) is 0 Å². The lowest BCUT2D eigenvalue weighted by atomic mass is 9.79. The van der Waals surface area contributed by atoms with Gasteiger partial charge in [-0.2, -0.15) is 0 Å². The van der Waals surface area contributed by atoms with Crippen LogP contribution in [0.1, 0.15) is 53.9 Å². The molecule has 21 heavy (non-hydrogen) atoms. The van der Waals surface area contributed by atoms with Crippen molar-refractivity contribution in [2.75, 3.05) is 0 Å². The Hall–Kier alpha value is -0.870. The standard InChI is InChI=1S/C17H28O4/c1-10(2)17-9-14(20-13(5)18)11(3)7-6-8-12(4)15(19)16(17)21-17/h7,10,12,14-16,19H,6,8-9H2,1-5H3/b11-7+/t12?,14-,15-,16-,17-/m0/s1. The highest BCUT2D eigenvalue weighted by molar-refractivity contribution is 5.66. The number of epoxide rings is 1. The Kier molecular flexibility index (Phi) is 4.79. The molecule has 1 unspecified atom stereocenters. The summed E-state index contributed by atoms with van der Waals surface area (Å²) in [6.45, 7) is 9.74. The number of aliphatic hydroxyl groups excluding tert-OH is 1. The van der Waals surface area contributed by atoms with Crippen molar-refractivity contribution >= 4 is 5.97 Å². The second-order valence-corrected chi connectivity index (χ2v) is 6.94. The molecule has 4 nitrogen and oxygen atoms in total. The van der Waals surface area contributed by atoms with Gasteiger partial charge in [-0.25, -0.2) is 0 Å². The smallest absolute Gasteiger partial charge is 0.303 e. The number of esters is 1. The molecule has 1 N–H and O–H groups in total. The fraction of sp³-hybridized carbons (Fsp3) is 0.824. The Morgan fingerprint density at radius 3 is 2.76 bits per heavy atom. The molecular formula is C17H28O4. The van der Waals surface area contributed by atoms with Gasteiger partial charge in [-0.1, -0.05) is 26.8 Å². The fourth-order valence-electron chi connectivity index (χ4n) is 3.39. The molecule has 2 aliphatic rings. The van der Waals surface area contributed by atoms with Gasteiger partial charge in [0.2, 0.25) is 0 Å². The molecule has 5 atom stereocenters. The molecular weight excluding hydrogens is 268 g/mol. The largest absolute Gasteiger partial charge is 0.458 e. The molecule has 0 radical (unpaired) electrons. The first-order valence-corrected chi connectivity index (χ1v) is 7.97. The maximum Gasteiger partial charge on any atom is 0.303 e. The second kappa shape index (κ2) is 6.09. The third-order valence-corrected chi connectivity index (χ3v) is 5.05. The van der Waals surface area contributed by atoms with Crippen LogP contribution >= 0.6 is 0 Å². The number of hydrogen-bond acceptors (Lipinski definition) is 4. The number of ether oxygens (including phenoxy) is 2. The van der Waals surface area contributed by atoms with Crippen molar-refractivity contribution in [1.82, 2.24) is 0 Å². The van der Waals surface area contributed by atoms with Crippen molar-refractivity contribution in [2.24, 2.45) is 11.8 Å². The van der Waals surface area contributed by atoms with E-state index in [0.717, 1.165) is 18.4 Å². The molecule has 1 heterocycles. The molecule has 120 valence electrons. The van der Waals surface area contributed by atoms with Gasteiger partial charge >= 0.3 is 5.97 Å². The third-order valence-electron chi connectivity index (χ3n) is 5.05. The molecule has 1 aliphatic carbocycles. The number of rotatable bonds is 2. The molecule has 1 aliphatic heterocycles. The molecule has 0 spiro atoms. The number of allylic oxidation sites excluding steroid dienone is 1. The van der Waals surface area contributed by atoms with Gasteiger partial charge in [0, 0.05) is 13.3 Å². The molecule has 0 saturated carbocycles. The van der Waals surface area contributed by atoms with E-state index >= 15 is 0 Å². The summed E-state index contributed by atoms with van der Waals surface area (Å²) in [5.74, 6) is 0.217. The predicted octanol–water partition coefficient (Wildman–Crippen LogP) is 2.84. The van der Waals surface area contributed by atoms with E-state index in [0.29, 0.717) is 6.42 Å². The van der Waals surface area contributed by atoms with Crippen LogP contribution < -0.4 is 0 Å². The Balaban J connectivity index is 2.28. The first-order valence-electron chi connectivity index (χ1n) is 7.97. The fourth-order valence-corrected chi connectivity index (χ4v) is 3.39. The highest BCUT2D eigenvalue weighted by Crippen LogP contribution is 2.51. The van der Waals surface area contributed by atoms with Crippen LogP contribution in [0, 0.1) is 11.8 Å². The summed E-state index contributed by atoms with van der Waals surface area (Å²) < 4.78 is 11.5. The van der Waals surface area contributed by atoms with Crippen molar-refractivity contribution in [2.45, 2.75) is 77.8 Å². The summed E-state index contributed by atoms with van der Waals surface area (Å²) in [5.41, 5.74) is 0.711. The van der Waals surface area contributed by atoms with E-state index < -0.39 is 6.10 Å². The Morgan fingerprint density at radius 2 is 2.19 bits per heavy atom. The minimum Gasteiger partial charge on any atom is -0.458 e. The zero-order valence-corrected chi connectivity index (χ0v) is 13.8. The van der Waals surface area contributed by atoms with Crippen LogP contribution in [-0.4, -0.2) is 35.0 Å². The van der Waals surface area contributed by atoms with Crippen molar-refractivity contribution in [3.63, 3.8) is 0 Å². The minimum atomic E-state index is -0.447. The van der Waals surface area contributed by atoms with Crippen LogP contribution in [0.2, 0.25) is 0 Å². The summed E-state index contributed by atoms with van der Waals surface area (Å²) in [5, 5.41) is 10.5. The topological polar surface area (TPSA) is 59.1 Å². The van der Waals surface area contributed by atoms with E-state index in [9.17, 15) is 9.90 Å². The molecule has 4 heteroatoms. The van der Waals surface area contributed by atoms with Crippen LogP contribution in [0.15, 0.2) is 11.6 Å². The van der Waals surface area contributed by atoms with Gasteiger partial charge < -0.3 is 14.6 Å². The number of aliphatic hydroxyl groups is 1. The van der Waals surface area contributed by atoms with E-state index in [1.54, 1.807) is 0 Å². The molecule has 0 aromatic heterocycles. The van der Waals surface area contributed by atoms with Gasteiger partial charge in [0.25, 0.3) is 0 Å². The highest BCUT2D eigenvalue weighted by Gasteiger charge is 2.63. The SMILES string of the molecule is CC(=O)O[C@H]1C[C@@]2(C(C)C)O[C@H]2[C@@H](O)C(C)CC/C=C/1C. The molecule has 0 amide bonds. The Morgan fingerprint density at radius 1 is 1.52 bits per heavy atom. The Bertz CT molecular complexity index is 429. The van der Waals surface area contributed by atoms with Crippen LogP contribution in [0.3, 0.4) is 0 Å². The van der Waals surface area contributed by atoms with E-state index in [1.807, 2.05) is 6.92 Å². The number of fused-ring (bicyclic) bond motifs is 1. The molecule has 1 fully saturated rings. The summed E-state index contributed by atoms with van der Waals surface area (Å²) in [7, 11) is 0. The highest BCUT2D eigenvalue weighted by atomic mass is 16.6. The van der Waals surface area contributed by atoms with Crippen LogP contribution in [0.5, 0.6) is 0 Å². The molecule has 1 saturated heterocycles. The third kappa shape index (κ3) is 3.32. The number of carbonyl (C=O) groups excluding carboxylic acids is 1. The Labute approximate surface area is 127 Å². The second-order valence-electron chi connectivity index (χ2n) is 6.94. The summed E-state index contributed by atoms with van der Waals surface area (Å²) in [6.07, 6.45) is 3.72. The van der Waals surface area contributed by atoms with Gasteiger partial charge in [0.15, 0.2) is 0 Å². The quantitative estimate of drug-likeness (QED) is 0.483. The summed E-state index contributed by atoms with van der Waals surface area (Å²) >= 11 is 0. The zero-order valence-electron chi connectivity index (χ0n) is 13.8. The van der Waals surface area contributed by atoms with Crippen molar-refractivity contribution < 1.29 is 19.4 Å². The zero-order chi connectivity index (χ0) is 15.8. The average Bonchev–Trinajstić information content (AvgIpc) is 3.11. The summed E-state index contributed by atoms with van der Waals surface area (Å²) in [6, 6.07) is 0. The first kappa shape index (κ1) is 16.5. The van der Waals surface area contributed by atoms with E-state index in [4.69, 9.17) is 9.47 Å². The minimum absolute atomic E-state index is 0.142. The maximum absolute atomic E-state index is 11.4. The van der Waals surface area contributed by atoms with Crippen LogP contribution in [-0.2, 0) is 14.3 Å². The van der Waals surface area contributed by atoms with E-state index in [-0.39, 0.29) is 35.6 Å². The molecule has 2 rings (SSSR count). The van der Waals surface area contributed by atoms with Gasteiger partial charge in [0.1, 0.15) is 17.8 Å². The first-order chi connectivity index (χ1) is 9.78. The summed E-state index contributed by atoms with van der Waals surface area (Å²) in [4.78, 5) is 11.4. The van der Waals surface area contributed by atoms with Gasteiger partial charge in [-0.3, -0.25) is 4.79 Å². The van der Waals surface area contributed by atoms with Crippen molar-refractivity contribution in [3.05, 3.63) is 11.6 Å². The van der Waals surface area contributed by atoms with Crippen LogP contribution in [0.25, 0.3) is 0 Å². The lowest BCUT2D eigenvalue weighted by molar-refractivity contribution is -0.145. The molecule has 0 aromatic rings. The lowest BCUT2D eigenvalue weighted by Gasteiger charge is -2.28. The average molecular weight is 296 g/mol. The van der Waals surface area contributed by atoms with E-state index in [1.165, 1.54) is 6.92 Å². The van der Waals surface area contributed by atoms with E-state index in [2.05, 4.69) is 26.8 Å².